The average molecular weight is 530 g/mol. The Morgan fingerprint density at radius 2 is 1.56 bits per heavy atom. The predicted octanol–water partition coefficient (Wildman–Crippen LogP) is 6.44. The number of rotatable bonds is 14. The number of hydrogen-bond donors (Lipinski definition) is 1. The number of carbonyl (C=O) groups is 1. The Labute approximate surface area is 218 Å². The minimum absolute atomic E-state index is 0.211. The smallest absolute Gasteiger partial charge is 0.257 e. The Balaban J connectivity index is 1.67. The van der Waals surface area contributed by atoms with E-state index in [4.69, 9.17) is 4.74 Å². The van der Waals surface area contributed by atoms with E-state index in [2.05, 4.69) is 24.1 Å². The van der Waals surface area contributed by atoms with Gasteiger partial charge in [-0.2, -0.15) is 4.31 Å². The fourth-order valence-corrected chi connectivity index (χ4v) is 5.98. The fourth-order valence-electron chi connectivity index (χ4n) is 3.75. The maximum absolute atomic E-state index is 13.3. The summed E-state index contributed by atoms with van der Waals surface area (Å²) < 4.78 is 33.3. The summed E-state index contributed by atoms with van der Waals surface area (Å²) in [5.41, 5.74) is 2.05. The van der Waals surface area contributed by atoms with Gasteiger partial charge in [-0.05, 0) is 61.4 Å². The topological polar surface area (TPSA) is 88.6 Å². The summed E-state index contributed by atoms with van der Waals surface area (Å²) >= 11 is 1.33. The molecule has 36 heavy (non-hydrogen) atoms. The first kappa shape index (κ1) is 27.8. The van der Waals surface area contributed by atoms with Crippen LogP contribution in [0.15, 0.2) is 58.8 Å². The van der Waals surface area contributed by atoms with Crippen LogP contribution in [-0.4, -0.2) is 43.8 Å². The van der Waals surface area contributed by atoms with E-state index in [0.717, 1.165) is 55.5 Å². The van der Waals surface area contributed by atoms with Crippen LogP contribution in [0, 0.1) is 0 Å². The van der Waals surface area contributed by atoms with E-state index in [1.807, 2.05) is 29.6 Å². The Hall–Kier alpha value is -2.75. The molecule has 0 unspecified atom stereocenters. The van der Waals surface area contributed by atoms with E-state index in [1.54, 1.807) is 23.5 Å². The summed E-state index contributed by atoms with van der Waals surface area (Å²) in [5, 5.41) is 5.15. The summed E-state index contributed by atoms with van der Waals surface area (Å²) in [6.07, 6.45) is 5.75. The van der Waals surface area contributed by atoms with Gasteiger partial charge in [0.05, 0.1) is 17.7 Å². The molecule has 2 aromatic carbocycles. The van der Waals surface area contributed by atoms with Gasteiger partial charge in [0.2, 0.25) is 10.0 Å². The zero-order valence-electron chi connectivity index (χ0n) is 21.2. The lowest BCUT2D eigenvalue weighted by molar-refractivity contribution is 0.102. The van der Waals surface area contributed by atoms with E-state index in [-0.39, 0.29) is 10.8 Å². The van der Waals surface area contributed by atoms with Gasteiger partial charge < -0.3 is 4.74 Å². The molecule has 194 valence electrons. The molecule has 0 fully saturated rings. The van der Waals surface area contributed by atoms with E-state index < -0.39 is 10.0 Å². The molecule has 0 atom stereocenters. The van der Waals surface area contributed by atoms with E-state index in [9.17, 15) is 13.2 Å². The van der Waals surface area contributed by atoms with Crippen LogP contribution in [0.2, 0.25) is 0 Å². The second-order valence-electron chi connectivity index (χ2n) is 8.56. The van der Waals surface area contributed by atoms with Gasteiger partial charge >= 0.3 is 0 Å². The van der Waals surface area contributed by atoms with Crippen molar-refractivity contribution in [3.8, 4) is 17.0 Å². The first-order chi connectivity index (χ1) is 17.4. The number of hydrogen-bond acceptors (Lipinski definition) is 6. The quantitative estimate of drug-likeness (QED) is 0.243. The van der Waals surface area contributed by atoms with Crippen molar-refractivity contribution >= 4 is 32.4 Å². The lowest BCUT2D eigenvalue weighted by atomic mass is 10.2. The largest absolute Gasteiger partial charge is 0.497 e. The van der Waals surface area contributed by atoms with Crippen molar-refractivity contribution in [2.24, 2.45) is 0 Å². The molecule has 1 heterocycles. The number of unbranched alkanes of at least 4 members (excludes halogenated alkanes) is 4. The lowest BCUT2D eigenvalue weighted by Gasteiger charge is -2.22. The molecule has 7 nitrogen and oxygen atoms in total. The number of nitrogens with one attached hydrogen (secondary N) is 1. The molecular formula is C27H35N3O4S2. The number of methoxy groups -OCH3 is 1. The summed E-state index contributed by atoms with van der Waals surface area (Å²) in [5.74, 6) is 0.426. The number of anilines is 1. The fraction of sp³-hybridized carbons (Fsp3) is 0.407. The van der Waals surface area contributed by atoms with Gasteiger partial charge in [0.15, 0.2) is 5.13 Å². The minimum atomic E-state index is -3.61. The third-order valence-corrected chi connectivity index (χ3v) is 8.56. The summed E-state index contributed by atoms with van der Waals surface area (Å²) in [4.78, 5) is 17.5. The molecule has 0 bridgehead atoms. The first-order valence-corrected chi connectivity index (χ1v) is 14.7. The van der Waals surface area contributed by atoms with Crippen LogP contribution in [0.4, 0.5) is 5.13 Å². The maximum atomic E-state index is 13.3. The molecule has 1 aromatic heterocycles. The van der Waals surface area contributed by atoms with Crippen LogP contribution in [-0.2, 0) is 10.0 Å². The van der Waals surface area contributed by atoms with Crippen molar-refractivity contribution in [3.63, 3.8) is 0 Å². The molecule has 0 saturated heterocycles. The molecule has 9 heteroatoms. The van der Waals surface area contributed by atoms with E-state index in [0.29, 0.717) is 23.8 Å². The Kier molecular flexibility index (Phi) is 10.5. The van der Waals surface area contributed by atoms with Crippen LogP contribution in [0.5, 0.6) is 5.75 Å². The van der Waals surface area contributed by atoms with Crippen molar-refractivity contribution in [1.29, 1.82) is 0 Å². The van der Waals surface area contributed by atoms with Gasteiger partial charge in [0.1, 0.15) is 5.75 Å². The average Bonchev–Trinajstić information content (AvgIpc) is 3.36. The molecule has 0 aliphatic heterocycles. The number of thiazole rings is 1. The standard InChI is InChI=1S/C27H35N3O4S2/c1-4-6-8-18-30(19-9-7-5-2)36(32,33)24-16-12-22(13-17-24)26(31)29-27-28-25(20-35-27)21-10-14-23(34-3)15-11-21/h10-17,20H,4-9,18-19H2,1-3H3,(H,28,29,31). The van der Waals surface area contributed by atoms with E-state index >= 15 is 0 Å². The minimum Gasteiger partial charge on any atom is -0.497 e. The van der Waals surface area contributed by atoms with Crippen molar-refractivity contribution in [1.82, 2.24) is 9.29 Å². The highest BCUT2D eigenvalue weighted by Crippen LogP contribution is 2.27. The molecule has 0 spiro atoms. The summed E-state index contributed by atoms with van der Waals surface area (Å²) in [6.45, 7) is 5.24. The molecule has 1 amide bonds. The molecule has 3 rings (SSSR count). The SMILES string of the molecule is CCCCCN(CCCCC)S(=O)(=O)c1ccc(C(=O)Nc2nc(-c3ccc(OC)cc3)cs2)cc1. The number of carbonyl (C=O) groups excluding carboxylic acids is 1. The van der Waals surface area contributed by atoms with Crippen molar-refractivity contribution in [3.05, 3.63) is 59.5 Å². The molecule has 3 aromatic rings. The zero-order valence-corrected chi connectivity index (χ0v) is 22.8. The Morgan fingerprint density at radius 3 is 2.11 bits per heavy atom. The third kappa shape index (κ3) is 7.38. The van der Waals surface area contributed by atoms with Gasteiger partial charge in [0, 0.05) is 29.6 Å². The number of ether oxygens (including phenoxy) is 1. The molecule has 0 aliphatic rings. The van der Waals surface area contributed by atoms with Gasteiger partial charge in [-0.25, -0.2) is 13.4 Å². The summed E-state index contributed by atoms with van der Waals surface area (Å²) in [7, 11) is -2.00. The highest BCUT2D eigenvalue weighted by Gasteiger charge is 2.24. The van der Waals surface area contributed by atoms with Crippen LogP contribution < -0.4 is 10.1 Å². The van der Waals surface area contributed by atoms with Crippen LogP contribution in [0.3, 0.4) is 0 Å². The zero-order chi connectivity index (χ0) is 26.0. The monoisotopic (exact) mass is 529 g/mol. The van der Waals surface area contributed by atoms with Crippen LogP contribution in [0.1, 0.15) is 62.7 Å². The number of benzene rings is 2. The maximum Gasteiger partial charge on any atom is 0.257 e. The second-order valence-corrected chi connectivity index (χ2v) is 11.4. The highest BCUT2D eigenvalue weighted by molar-refractivity contribution is 7.89. The van der Waals surface area contributed by atoms with Gasteiger partial charge in [-0.3, -0.25) is 10.1 Å². The normalized spacial score (nSPS) is 11.6. The molecule has 0 saturated carbocycles. The highest BCUT2D eigenvalue weighted by atomic mass is 32.2. The van der Waals surface area contributed by atoms with Gasteiger partial charge in [-0.15, -0.1) is 11.3 Å². The van der Waals surface area contributed by atoms with Gasteiger partial charge in [0.25, 0.3) is 5.91 Å². The molecule has 0 aliphatic carbocycles. The predicted molar refractivity (Wildman–Crippen MR) is 146 cm³/mol. The summed E-state index contributed by atoms with van der Waals surface area (Å²) in [6, 6.07) is 13.7. The second kappa shape index (κ2) is 13.5. The first-order valence-electron chi connectivity index (χ1n) is 12.4. The number of nitrogens with zero attached hydrogens (tertiary/aromatic N) is 2. The van der Waals surface area contributed by atoms with Crippen molar-refractivity contribution in [2.45, 2.75) is 57.3 Å². The third-order valence-electron chi connectivity index (χ3n) is 5.89. The van der Waals surface area contributed by atoms with Gasteiger partial charge in [-0.1, -0.05) is 39.5 Å². The number of amides is 1. The van der Waals surface area contributed by atoms with E-state index in [1.165, 1.54) is 23.5 Å². The number of sulfonamides is 1. The number of aromatic nitrogens is 1. The van der Waals surface area contributed by atoms with Crippen molar-refractivity contribution in [2.75, 3.05) is 25.5 Å². The Morgan fingerprint density at radius 1 is 0.944 bits per heavy atom. The molecule has 0 radical (unpaired) electrons. The lowest BCUT2D eigenvalue weighted by Crippen LogP contribution is -2.33. The van der Waals surface area contributed by atoms with Crippen LogP contribution in [0.25, 0.3) is 11.3 Å². The Bertz CT molecular complexity index is 1200. The van der Waals surface area contributed by atoms with Crippen molar-refractivity contribution < 1.29 is 17.9 Å². The molecular weight excluding hydrogens is 494 g/mol. The van der Waals surface area contributed by atoms with Crippen LogP contribution >= 0.6 is 11.3 Å². The molecule has 1 N–H and O–H groups in total.